The third-order valence-corrected chi connectivity index (χ3v) is 2.97. The molecule has 0 aromatic carbocycles. The van der Waals surface area contributed by atoms with Crippen LogP contribution in [0.2, 0.25) is 0 Å². The van der Waals surface area contributed by atoms with E-state index in [-0.39, 0.29) is 6.23 Å². The molecule has 0 saturated carbocycles. The quantitative estimate of drug-likeness (QED) is 0.731. The molecule has 1 aliphatic rings. The minimum Gasteiger partial charge on any atom is -0.362 e. The van der Waals surface area contributed by atoms with Gasteiger partial charge in [-0.05, 0) is 12.1 Å². The second-order valence-corrected chi connectivity index (χ2v) is 3.82. The van der Waals surface area contributed by atoms with Gasteiger partial charge < -0.3 is 10.1 Å². The molecule has 4 heteroatoms. The fourth-order valence-electron chi connectivity index (χ4n) is 1.33. The molecule has 1 aliphatic heterocycles. The van der Waals surface area contributed by atoms with Gasteiger partial charge in [-0.15, -0.1) is 11.3 Å². The van der Waals surface area contributed by atoms with Crippen molar-refractivity contribution in [2.24, 2.45) is 0 Å². The highest BCUT2D eigenvalue weighted by Gasteiger charge is 2.18. The van der Waals surface area contributed by atoms with E-state index in [0.717, 1.165) is 21.6 Å². The molecule has 68 valence electrons. The monoisotopic (exact) mass is 195 g/mol. The van der Waals surface area contributed by atoms with Gasteiger partial charge in [0.25, 0.3) is 0 Å². The van der Waals surface area contributed by atoms with Crippen molar-refractivity contribution in [3.05, 3.63) is 27.6 Å². The molecule has 1 aromatic rings. The number of rotatable bonds is 2. The van der Waals surface area contributed by atoms with E-state index in [1.165, 1.54) is 11.3 Å². The topological polar surface area (TPSA) is 38.3 Å². The Morgan fingerprint density at radius 1 is 1.69 bits per heavy atom. The van der Waals surface area contributed by atoms with Crippen LogP contribution in [0.5, 0.6) is 0 Å². The summed E-state index contributed by atoms with van der Waals surface area (Å²) in [7, 11) is 1.64. The number of methoxy groups -OCH3 is 1. The summed E-state index contributed by atoms with van der Waals surface area (Å²) in [6.07, 6.45) is 4.53. The molecule has 1 aromatic heterocycles. The second-order valence-electron chi connectivity index (χ2n) is 2.70. The lowest BCUT2D eigenvalue weighted by Gasteiger charge is -2.18. The number of aldehydes is 1. The molecular formula is C9H9NO2S. The molecule has 3 nitrogen and oxygen atoms in total. The summed E-state index contributed by atoms with van der Waals surface area (Å²) in [6, 6.07) is 1.86. The number of thiophene rings is 1. The molecule has 13 heavy (non-hydrogen) atoms. The molecule has 2 heterocycles. The second kappa shape index (κ2) is 3.32. The van der Waals surface area contributed by atoms with Gasteiger partial charge in [-0.25, -0.2) is 0 Å². The number of hydrogen-bond acceptors (Lipinski definition) is 4. The van der Waals surface area contributed by atoms with Crippen molar-refractivity contribution in [1.82, 2.24) is 5.32 Å². The van der Waals surface area contributed by atoms with Gasteiger partial charge in [0, 0.05) is 23.8 Å². The van der Waals surface area contributed by atoms with Gasteiger partial charge in [-0.2, -0.15) is 0 Å². The van der Waals surface area contributed by atoms with Gasteiger partial charge >= 0.3 is 0 Å². The number of hydrogen-bond donors (Lipinski definition) is 1. The van der Waals surface area contributed by atoms with Gasteiger partial charge in [0.1, 0.15) is 0 Å². The average molecular weight is 195 g/mol. The van der Waals surface area contributed by atoms with Gasteiger partial charge in [-0.1, -0.05) is 0 Å². The van der Waals surface area contributed by atoms with E-state index in [2.05, 4.69) is 5.32 Å². The summed E-state index contributed by atoms with van der Waals surface area (Å²) in [5.74, 6) is 0. The van der Waals surface area contributed by atoms with E-state index in [9.17, 15) is 4.79 Å². The van der Waals surface area contributed by atoms with Crippen LogP contribution in [0.15, 0.2) is 12.3 Å². The Morgan fingerprint density at radius 3 is 3.23 bits per heavy atom. The summed E-state index contributed by atoms with van der Waals surface area (Å²) in [5.41, 5.74) is 1.04. The van der Waals surface area contributed by atoms with E-state index < -0.39 is 0 Å². The first kappa shape index (κ1) is 8.47. The number of ether oxygens (including phenoxy) is 1. The van der Waals surface area contributed by atoms with Crippen LogP contribution in [0.4, 0.5) is 0 Å². The standard InChI is InChI=1S/C9H9NO2S/c1-12-9-7-4-6(5-11)13-8(7)2-3-10-9/h2-5,9-10H,1H3. The Hall–Kier alpha value is -1.13. The Balaban J connectivity index is 2.44. The molecule has 1 N–H and O–H groups in total. The molecule has 0 amide bonds. The zero-order chi connectivity index (χ0) is 9.26. The summed E-state index contributed by atoms with van der Waals surface area (Å²) in [6.45, 7) is 0. The fraction of sp³-hybridized carbons (Fsp3) is 0.222. The Labute approximate surface area is 80.0 Å². The number of carbonyl (C=O) groups is 1. The Morgan fingerprint density at radius 2 is 2.54 bits per heavy atom. The fourth-order valence-corrected chi connectivity index (χ4v) is 2.24. The maximum Gasteiger partial charge on any atom is 0.160 e. The first-order valence-electron chi connectivity index (χ1n) is 3.89. The van der Waals surface area contributed by atoms with Crippen molar-refractivity contribution >= 4 is 23.7 Å². The van der Waals surface area contributed by atoms with Crippen LogP contribution >= 0.6 is 11.3 Å². The molecule has 0 bridgehead atoms. The van der Waals surface area contributed by atoms with Crippen LogP contribution in [-0.4, -0.2) is 13.4 Å². The van der Waals surface area contributed by atoms with Crippen molar-refractivity contribution in [3.63, 3.8) is 0 Å². The van der Waals surface area contributed by atoms with Crippen LogP contribution in [0, 0.1) is 0 Å². The third-order valence-electron chi connectivity index (χ3n) is 1.93. The minimum atomic E-state index is -0.120. The number of fused-ring (bicyclic) bond motifs is 1. The van der Waals surface area contributed by atoms with Crippen LogP contribution < -0.4 is 5.32 Å². The van der Waals surface area contributed by atoms with Crippen molar-refractivity contribution in [2.45, 2.75) is 6.23 Å². The van der Waals surface area contributed by atoms with Crippen LogP contribution in [-0.2, 0) is 4.74 Å². The van der Waals surface area contributed by atoms with Crippen LogP contribution in [0.25, 0.3) is 6.08 Å². The molecule has 0 aliphatic carbocycles. The third kappa shape index (κ3) is 1.38. The van der Waals surface area contributed by atoms with Crippen molar-refractivity contribution in [2.75, 3.05) is 7.11 Å². The number of nitrogens with one attached hydrogen (secondary N) is 1. The summed E-state index contributed by atoms with van der Waals surface area (Å²) >= 11 is 1.48. The van der Waals surface area contributed by atoms with E-state index in [0.29, 0.717) is 0 Å². The van der Waals surface area contributed by atoms with E-state index in [4.69, 9.17) is 4.74 Å². The first-order chi connectivity index (χ1) is 6.35. The van der Waals surface area contributed by atoms with Crippen molar-refractivity contribution in [3.8, 4) is 0 Å². The van der Waals surface area contributed by atoms with Crippen LogP contribution in [0.1, 0.15) is 26.3 Å². The smallest absolute Gasteiger partial charge is 0.160 e. The van der Waals surface area contributed by atoms with Gasteiger partial charge in [-0.3, -0.25) is 4.79 Å². The lowest BCUT2D eigenvalue weighted by molar-refractivity contribution is 0.0853. The number of carbonyl (C=O) groups excluding carboxylic acids is 1. The Kier molecular flexibility index (Phi) is 2.16. The highest BCUT2D eigenvalue weighted by atomic mass is 32.1. The predicted octanol–water partition coefficient (Wildman–Crippen LogP) is 1.78. The maximum absolute atomic E-state index is 10.5. The van der Waals surface area contributed by atoms with Gasteiger partial charge in [0.15, 0.2) is 12.5 Å². The molecule has 1 unspecified atom stereocenters. The average Bonchev–Trinajstić information content (AvgIpc) is 2.59. The van der Waals surface area contributed by atoms with E-state index in [1.807, 2.05) is 18.3 Å². The predicted molar refractivity (Wildman–Crippen MR) is 51.6 cm³/mol. The lowest BCUT2D eigenvalue weighted by atomic mass is 10.2. The molecular weight excluding hydrogens is 186 g/mol. The zero-order valence-corrected chi connectivity index (χ0v) is 7.93. The zero-order valence-electron chi connectivity index (χ0n) is 7.11. The first-order valence-corrected chi connectivity index (χ1v) is 4.71. The van der Waals surface area contributed by atoms with Crippen molar-refractivity contribution < 1.29 is 9.53 Å². The molecule has 0 spiro atoms. The molecule has 0 radical (unpaired) electrons. The van der Waals surface area contributed by atoms with E-state index in [1.54, 1.807) is 7.11 Å². The maximum atomic E-state index is 10.5. The highest BCUT2D eigenvalue weighted by Crippen LogP contribution is 2.30. The molecule has 1 atom stereocenters. The molecule has 0 fully saturated rings. The summed E-state index contributed by atoms with van der Waals surface area (Å²) in [5, 5.41) is 3.05. The van der Waals surface area contributed by atoms with Gasteiger partial charge in [0.2, 0.25) is 0 Å². The van der Waals surface area contributed by atoms with Gasteiger partial charge in [0.05, 0.1) is 4.88 Å². The Bertz CT molecular complexity index is 356. The largest absolute Gasteiger partial charge is 0.362 e. The summed E-state index contributed by atoms with van der Waals surface area (Å²) in [4.78, 5) is 12.4. The van der Waals surface area contributed by atoms with Crippen molar-refractivity contribution in [1.29, 1.82) is 0 Å². The molecule has 2 rings (SSSR count). The van der Waals surface area contributed by atoms with E-state index >= 15 is 0 Å². The SMILES string of the molecule is COC1NC=Cc2sc(C=O)cc21. The normalized spacial score (nSPS) is 19.3. The minimum absolute atomic E-state index is 0.120. The highest BCUT2D eigenvalue weighted by molar-refractivity contribution is 7.14. The molecule has 0 saturated heterocycles. The lowest BCUT2D eigenvalue weighted by Crippen LogP contribution is -2.19. The van der Waals surface area contributed by atoms with Crippen LogP contribution in [0.3, 0.4) is 0 Å². The summed E-state index contributed by atoms with van der Waals surface area (Å²) < 4.78 is 5.20.